The predicted octanol–water partition coefficient (Wildman–Crippen LogP) is 3.56. The zero-order chi connectivity index (χ0) is 25.4. The van der Waals surface area contributed by atoms with E-state index in [1.54, 1.807) is 37.3 Å². The van der Waals surface area contributed by atoms with Gasteiger partial charge < -0.3 is 10.1 Å². The number of ether oxygens (including phenoxy) is 1. The summed E-state index contributed by atoms with van der Waals surface area (Å²) in [6.45, 7) is 2.12. The number of nitro benzene ring substituents is 1. The normalized spacial score (nSPS) is 13.3. The first-order valence-corrected chi connectivity index (χ1v) is 11.5. The maximum absolute atomic E-state index is 12.5. The molecule has 0 unspecified atom stereocenters. The maximum atomic E-state index is 12.5. The van der Waals surface area contributed by atoms with Crippen molar-refractivity contribution in [1.82, 2.24) is 10.2 Å². The molecule has 10 nitrogen and oxygen atoms in total. The number of benzene rings is 2. The van der Waals surface area contributed by atoms with Crippen LogP contribution in [0.2, 0.25) is 0 Å². The van der Waals surface area contributed by atoms with Crippen LogP contribution in [0.5, 0.6) is 0 Å². The molecule has 0 saturated heterocycles. The van der Waals surface area contributed by atoms with Crippen molar-refractivity contribution in [2.75, 3.05) is 13.2 Å². The van der Waals surface area contributed by atoms with Crippen molar-refractivity contribution in [1.29, 1.82) is 0 Å². The Hall–Kier alpha value is -4.08. The molecule has 0 radical (unpaired) electrons. The zero-order valence-electron chi connectivity index (χ0n) is 19.4. The third-order valence-electron chi connectivity index (χ3n) is 5.66. The Balaban J connectivity index is 1.50. The van der Waals surface area contributed by atoms with Crippen LogP contribution in [-0.2, 0) is 14.3 Å². The topological polar surface area (TPSA) is 136 Å². The molecule has 0 spiro atoms. The number of esters is 1. The van der Waals surface area contributed by atoms with Gasteiger partial charge in [-0.1, -0.05) is 30.7 Å². The fraction of sp³-hybridized carbons (Fsp3) is 0.360. The number of imide groups is 1. The number of hydrogen-bond donors (Lipinski definition) is 1. The van der Waals surface area contributed by atoms with Gasteiger partial charge in [-0.25, -0.2) is 0 Å². The van der Waals surface area contributed by atoms with E-state index >= 15 is 0 Å². The lowest BCUT2D eigenvalue weighted by Gasteiger charge is -2.18. The van der Waals surface area contributed by atoms with Crippen molar-refractivity contribution in [3.8, 4) is 0 Å². The Morgan fingerprint density at radius 1 is 1.03 bits per heavy atom. The van der Waals surface area contributed by atoms with Crippen LogP contribution in [0.25, 0.3) is 0 Å². The molecule has 0 fully saturated rings. The molecule has 0 saturated carbocycles. The number of amides is 3. The average Bonchev–Trinajstić information content (AvgIpc) is 3.08. The van der Waals surface area contributed by atoms with Gasteiger partial charge in [0.25, 0.3) is 17.5 Å². The van der Waals surface area contributed by atoms with Gasteiger partial charge in [0.15, 0.2) is 0 Å². The van der Waals surface area contributed by atoms with Crippen LogP contribution in [0, 0.1) is 10.1 Å². The van der Waals surface area contributed by atoms with E-state index in [-0.39, 0.29) is 49.4 Å². The second-order valence-electron chi connectivity index (χ2n) is 8.10. The van der Waals surface area contributed by atoms with E-state index in [9.17, 15) is 29.3 Å². The summed E-state index contributed by atoms with van der Waals surface area (Å²) in [5.74, 6) is -1.44. The molecule has 184 valence electrons. The highest BCUT2D eigenvalue weighted by molar-refractivity contribution is 6.21. The first-order valence-electron chi connectivity index (χ1n) is 11.5. The predicted molar refractivity (Wildman–Crippen MR) is 126 cm³/mol. The van der Waals surface area contributed by atoms with Gasteiger partial charge in [-0.3, -0.25) is 34.2 Å². The molecule has 1 atom stereocenters. The number of fused-ring (bicyclic) bond motifs is 1. The average molecular weight is 482 g/mol. The van der Waals surface area contributed by atoms with E-state index < -0.39 is 16.9 Å². The molecule has 10 heteroatoms. The lowest BCUT2D eigenvalue weighted by Crippen LogP contribution is -2.31. The third kappa shape index (κ3) is 6.50. The van der Waals surface area contributed by atoms with E-state index in [4.69, 9.17) is 4.74 Å². The number of nitrogens with zero attached hydrogens (tertiary/aromatic N) is 2. The minimum Gasteiger partial charge on any atom is -0.466 e. The molecular formula is C25H27N3O7. The van der Waals surface area contributed by atoms with Crippen LogP contribution in [-0.4, -0.2) is 46.7 Å². The van der Waals surface area contributed by atoms with Crippen LogP contribution in [0.1, 0.15) is 71.3 Å². The number of unbranched alkanes of at least 4 members (excludes halogenated alkanes) is 2. The van der Waals surface area contributed by atoms with Gasteiger partial charge in [0.2, 0.25) is 5.91 Å². The first-order chi connectivity index (χ1) is 16.8. The van der Waals surface area contributed by atoms with E-state index in [2.05, 4.69) is 5.32 Å². The van der Waals surface area contributed by atoms with E-state index in [1.165, 1.54) is 23.1 Å². The molecule has 35 heavy (non-hydrogen) atoms. The highest BCUT2D eigenvalue weighted by Gasteiger charge is 2.34. The van der Waals surface area contributed by atoms with E-state index in [0.29, 0.717) is 36.0 Å². The number of nitrogens with one attached hydrogen (secondary N) is 1. The summed E-state index contributed by atoms with van der Waals surface area (Å²) in [7, 11) is 0. The molecule has 2 aromatic rings. The van der Waals surface area contributed by atoms with Crippen molar-refractivity contribution in [2.45, 2.75) is 45.1 Å². The minimum atomic E-state index is -0.764. The lowest BCUT2D eigenvalue weighted by atomic mass is 10.0. The van der Waals surface area contributed by atoms with E-state index in [0.717, 1.165) is 0 Å². The summed E-state index contributed by atoms with van der Waals surface area (Å²) in [5.41, 5.74) is 1.11. The molecule has 1 aliphatic rings. The smallest absolute Gasteiger partial charge is 0.308 e. The van der Waals surface area contributed by atoms with Crippen LogP contribution in [0.3, 0.4) is 0 Å². The van der Waals surface area contributed by atoms with Gasteiger partial charge in [0.1, 0.15) is 0 Å². The molecule has 0 aliphatic carbocycles. The van der Waals surface area contributed by atoms with Gasteiger partial charge in [0.05, 0.1) is 35.1 Å². The number of carbonyl (C=O) groups is 4. The highest BCUT2D eigenvalue weighted by Crippen LogP contribution is 2.24. The zero-order valence-corrected chi connectivity index (χ0v) is 19.4. The lowest BCUT2D eigenvalue weighted by molar-refractivity contribution is -0.384. The van der Waals surface area contributed by atoms with Gasteiger partial charge in [-0.05, 0) is 37.5 Å². The van der Waals surface area contributed by atoms with Gasteiger partial charge in [0, 0.05) is 25.1 Å². The van der Waals surface area contributed by atoms with Gasteiger partial charge >= 0.3 is 5.97 Å². The van der Waals surface area contributed by atoms with Gasteiger partial charge in [-0.2, -0.15) is 0 Å². The molecule has 2 aromatic carbocycles. The van der Waals surface area contributed by atoms with Crippen molar-refractivity contribution in [3.05, 3.63) is 75.3 Å². The number of non-ortho nitro benzene ring substituents is 1. The highest BCUT2D eigenvalue weighted by atomic mass is 16.6. The SMILES string of the molecule is CCOC(=O)C[C@H](NC(=O)CCCCCN1C(=O)c2ccccc2C1=O)c1cccc([N+](=O)[O-])c1. The second kappa shape index (κ2) is 11.9. The quantitative estimate of drug-likeness (QED) is 0.161. The van der Waals surface area contributed by atoms with Crippen LogP contribution >= 0.6 is 0 Å². The molecule has 0 bridgehead atoms. The summed E-state index contributed by atoms with van der Waals surface area (Å²) in [4.78, 5) is 61.1. The fourth-order valence-corrected chi connectivity index (χ4v) is 3.93. The minimum absolute atomic E-state index is 0.140. The van der Waals surface area contributed by atoms with Crippen molar-refractivity contribution >= 4 is 29.4 Å². The molecule has 3 amide bonds. The van der Waals surface area contributed by atoms with Crippen LogP contribution < -0.4 is 5.32 Å². The Bertz CT molecular complexity index is 1100. The summed E-state index contributed by atoms with van der Waals surface area (Å²) >= 11 is 0. The van der Waals surface area contributed by atoms with E-state index in [1.807, 2.05) is 0 Å². The van der Waals surface area contributed by atoms with Crippen molar-refractivity contribution in [3.63, 3.8) is 0 Å². The Labute approximate surface area is 202 Å². The van der Waals surface area contributed by atoms with Gasteiger partial charge in [-0.15, -0.1) is 0 Å². The molecule has 1 N–H and O–H groups in total. The van der Waals surface area contributed by atoms with Crippen LogP contribution in [0.15, 0.2) is 48.5 Å². The number of carbonyl (C=O) groups excluding carboxylic acids is 4. The number of nitro groups is 1. The number of rotatable bonds is 12. The molecule has 3 rings (SSSR count). The van der Waals surface area contributed by atoms with Crippen molar-refractivity contribution < 1.29 is 28.8 Å². The van der Waals surface area contributed by atoms with Crippen molar-refractivity contribution in [2.24, 2.45) is 0 Å². The monoisotopic (exact) mass is 481 g/mol. The van der Waals surface area contributed by atoms with Crippen LogP contribution in [0.4, 0.5) is 5.69 Å². The largest absolute Gasteiger partial charge is 0.466 e. The number of hydrogen-bond acceptors (Lipinski definition) is 7. The molecule has 0 aromatic heterocycles. The first kappa shape index (κ1) is 25.5. The summed E-state index contributed by atoms with van der Waals surface area (Å²) in [5, 5.41) is 13.9. The standard InChI is InChI=1S/C25H27N3O7/c1-2-35-23(30)16-21(17-9-8-10-18(15-17)28(33)34)26-22(29)13-4-3-7-14-27-24(31)19-11-5-6-12-20(19)25(27)32/h5-6,8-12,15,21H,2-4,7,13-14,16H2,1H3,(H,26,29)/t21-/m0/s1. The fourth-order valence-electron chi connectivity index (χ4n) is 3.93. The Morgan fingerprint density at radius 3 is 2.34 bits per heavy atom. The molecular weight excluding hydrogens is 454 g/mol. The Morgan fingerprint density at radius 2 is 1.71 bits per heavy atom. The Kier molecular flexibility index (Phi) is 8.66. The second-order valence-corrected chi connectivity index (χ2v) is 8.10. The summed E-state index contributed by atoms with van der Waals surface area (Å²) < 4.78 is 4.97. The molecule has 1 aliphatic heterocycles. The summed E-state index contributed by atoms with van der Waals surface area (Å²) in [6.07, 6.45) is 1.68. The molecule has 1 heterocycles. The maximum Gasteiger partial charge on any atom is 0.308 e. The summed E-state index contributed by atoms with van der Waals surface area (Å²) in [6, 6.07) is 11.7. The third-order valence-corrected chi connectivity index (χ3v) is 5.66.